The predicted molar refractivity (Wildman–Crippen MR) is 85.8 cm³/mol. The number of carbonyl (C=O) groups is 1. The van der Waals surface area contributed by atoms with E-state index in [-0.39, 0.29) is 12.0 Å². The molecule has 2 aliphatic heterocycles. The molecule has 2 aliphatic rings. The second-order valence-corrected chi connectivity index (χ2v) is 6.96. The summed E-state index contributed by atoms with van der Waals surface area (Å²) in [5.74, 6) is 1.19. The summed E-state index contributed by atoms with van der Waals surface area (Å²) in [7, 11) is 0. The number of anilines is 1. The van der Waals surface area contributed by atoms with Crippen molar-refractivity contribution in [2.45, 2.75) is 32.3 Å². The van der Waals surface area contributed by atoms with Gasteiger partial charge in [0.2, 0.25) is 0 Å². The zero-order valence-electron chi connectivity index (χ0n) is 13.1. The molecule has 0 radical (unpaired) electrons. The Morgan fingerprint density at radius 3 is 2.86 bits per heavy atom. The number of ether oxygens (including phenoxy) is 2. The Morgan fingerprint density at radius 2 is 2.09 bits per heavy atom. The summed E-state index contributed by atoms with van der Waals surface area (Å²) >= 11 is 0. The molecule has 0 bridgehead atoms. The fourth-order valence-corrected chi connectivity index (χ4v) is 3.31. The molecule has 2 heterocycles. The van der Waals surface area contributed by atoms with Crippen LogP contribution in [0, 0.1) is 0 Å². The van der Waals surface area contributed by atoms with E-state index in [4.69, 9.17) is 9.47 Å². The summed E-state index contributed by atoms with van der Waals surface area (Å²) in [6.07, 6.45) is -0.278. The van der Waals surface area contributed by atoms with E-state index in [1.54, 1.807) is 4.90 Å². The lowest BCUT2D eigenvalue weighted by molar-refractivity contribution is 0.0581. The van der Waals surface area contributed by atoms with Gasteiger partial charge in [0.15, 0.2) is 0 Å². The van der Waals surface area contributed by atoms with Crippen molar-refractivity contribution in [3.8, 4) is 5.75 Å². The highest BCUT2D eigenvalue weighted by Crippen LogP contribution is 2.50. The van der Waals surface area contributed by atoms with Gasteiger partial charge in [-0.25, -0.2) is 4.79 Å². The number of benzene rings is 2. The van der Waals surface area contributed by atoms with E-state index in [1.807, 2.05) is 39.0 Å². The molecule has 0 saturated heterocycles. The van der Waals surface area contributed by atoms with E-state index < -0.39 is 5.60 Å². The van der Waals surface area contributed by atoms with Crippen LogP contribution in [0.4, 0.5) is 10.5 Å². The van der Waals surface area contributed by atoms with Gasteiger partial charge < -0.3 is 9.47 Å². The van der Waals surface area contributed by atoms with Crippen molar-refractivity contribution < 1.29 is 14.3 Å². The van der Waals surface area contributed by atoms with Gasteiger partial charge in [-0.2, -0.15) is 0 Å². The number of hydrogen-bond donors (Lipinski definition) is 0. The van der Waals surface area contributed by atoms with Crippen LogP contribution in [0.1, 0.15) is 32.3 Å². The lowest BCUT2D eigenvalue weighted by atomic mass is 9.99. The molecule has 4 heteroatoms. The minimum atomic E-state index is -0.490. The summed E-state index contributed by atoms with van der Waals surface area (Å²) in [4.78, 5) is 14.3. The van der Waals surface area contributed by atoms with Crippen LogP contribution in [0.25, 0.3) is 10.8 Å². The first kappa shape index (κ1) is 13.4. The second kappa shape index (κ2) is 4.38. The molecule has 2 aromatic rings. The van der Waals surface area contributed by atoms with E-state index >= 15 is 0 Å². The molecular weight excluding hydrogens is 278 g/mol. The Kier molecular flexibility index (Phi) is 2.68. The molecule has 0 fully saturated rings. The quantitative estimate of drug-likeness (QED) is 0.735. The number of nitrogens with zero attached hydrogens (tertiary/aromatic N) is 1. The maximum atomic E-state index is 12.5. The molecule has 1 unspecified atom stereocenters. The first-order valence-corrected chi connectivity index (χ1v) is 7.63. The molecule has 4 nitrogen and oxygen atoms in total. The van der Waals surface area contributed by atoms with Crippen LogP contribution in [0.5, 0.6) is 5.75 Å². The van der Waals surface area contributed by atoms with E-state index in [1.165, 1.54) is 0 Å². The van der Waals surface area contributed by atoms with Crippen LogP contribution >= 0.6 is 0 Å². The Bertz CT molecular complexity index is 776. The minimum absolute atomic E-state index is 0.252. The van der Waals surface area contributed by atoms with Crippen molar-refractivity contribution in [1.29, 1.82) is 0 Å². The van der Waals surface area contributed by atoms with Crippen molar-refractivity contribution in [1.82, 2.24) is 0 Å². The maximum absolute atomic E-state index is 12.5. The number of rotatable bonds is 0. The smallest absolute Gasteiger partial charge is 0.414 e. The van der Waals surface area contributed by atoms with Crippen molar-refractivity contribution >= 4 is 22.6 Å². The fraction of sp³-hybridized carbons (Fsp3) is 0.389. The number of fused-ring (bicyclic) bond motifs is 2. The van der Waals surface area contributed by atoms with E-state index in [9.17, 15) is 4.79 Å². The van der Waals surface area contributed by atoms with E-state index in [0.717, 1.165) is 27.8 Å². The third-order valence-corrected chi connectivity index (χ3v) is 4.16. The highest BCUT2D eigenvalue weighted by Gasteiger charge is 2.41. The standard InChI is InChI=1S/C18H19NO3/c1-18(2,3)22-17(20)19-9-12-10-21-16-13-7-5-4-6-11(13)8-14(19)15(12)16/h4-8,12H,9-10H2,1-3H3. The summed E-state index contributed by atoms with van der Waals surface area (Å²) in [5.41, 5.74) is 1.60. The summed E-state index contributed by atoms with van der Waals surface area (Å²) in [6.45, 7) is 6.93. The molecule has 0 spiro atoms. The molecule has 0 aromatic heterocycles. The van der Waals surface area contributed by atoms with Crippen LogP contribution in [-0.2, 0) is 4.74 Å². The Labute approximate surface area is 129 Å². The van der Waals surface area contributed by atoms with Crippen molar-refractivity contribution in [3.63, 3.8) is 0 Å². The van der Waals surface area contributed by atoms with Gasteiger partial charge in [0.05, 0.1) is 12.3 Å². The van der Waals surface area contributed by atoms with Gasteiger partial charge in [0.1, 0.15) is 11.4 Å². The Hall–Kier alpha value is -2.23. The molecular formula is C18H19NO3. The maximum Gasteiger partial charge on any atom is 0.414 e. The summed E-state index contributed by atoms with van der Waals surface area (Å²) < 4.78 is 11.5. The molecule has 1 atom stereocenters. The van der Waals surface area contributed by atoms with Crippen LogP contribution < -0.4 is 9.64 Å². The van der Waals surface area contributed by atoms with Gasteiger partial charge in [0, 0.05) is 23.4 Å². The van der Waals surface area contributed by atoms with Crippen LogP contribution in [0.15, 0.2) is 30.3 Å². The zero-order valence-corrected chi connectivity index (χ0v) is 13.1. The first-order chi connectivity index (χ1) is 10.4. The van der Waals surface area contributed by atoms with Gasteiger partial charge in [-0.3, -0.25) is 4.90 Å². The number of hydrogen-bond acceptors (Lipinski definition) is 3. The average Bonchev–Trinajstić information content (AvgIpc) is 3.01. The van der Waals surface area contributed by atoms with E-state index in [2.05, 4.69) is 12.1 Å². The lowest BCUT2D eigenvalue weighted by Crippen LogP contribution is -2.36. The van der Waals surface area contributed by atoms with Gasteiger partial charge in [-0.15, -0.1) is 0 Å². The molecule has 4 rings (SSSR count). The molecule has 0 aliphatic carbocycles. The van der Waals surface area contributed by atoms with Crippen LogP contribution in [0.3, 0.4) is 0 Å². The fourth-order valence-electron chi connectivity index (χ4n) is 3.31. The Balaban J connectivity index is 1.83. The van der Waals surface area contributed by atoms with Crippen molar-refractivity contribution in [2.75, 3.05) is 18.1 Å². The third-order valence-electron chi connectivity index (χ3n) is 4.16. The average molecular weight is 297 g/mol. The van der Waals surface area contributed by atoms with Crippen molar-refractivity contribution in [2.24, 2.45) is 0 Å². The first-order valence-electron chi connectivity index (χ1n) is 7.63. The molecule has 1 amide bonds. The molecule has 2 aromatic carbocycles. The van der Waals surface area contributed by atoms with Crippen LogP contribution in [0.2, 0.25) is 0 Å². The van der Waals surface area contributed by atoms with E-state index in [0.29, 0.717) is 13.2 Å². The number of carbonyl (C=O) groups excluding carboxylic acids is 1. The predicted octanol–water partition coefficient (Wildman–Crippen LogP) is 4.07. The topological polar surface area (TPSA) is 38.8 Å². The highest BCUT2D eigenvalue weighted by molar-refractivity contribution is 6.01. The van der Waals surface area contributed by atoms with Gasteiger partial charge >= 0.3 is 6.09 Å². The van der Waals surface area contributed by atoms with Gasteiger partial charge in [-0.05, 0) is 32.2 Å². The summed E-state index contributed by atoms with van der Waals surface area (Å²) in [5, 5.41) is 2.21. The third kappa shape index (κ3) is 1.94. The highest BCUT2D eigenvalue weighted by atomic mass is 16.6. The van der Waals surface area contributed by atoms with Crippen LogP contribution in [-0.4, -0.2) is 24.8 Å². The normalized spacial score (nSPS) is 19.2. The largest absolute Gasteiger partial charge is 0.492 e. The molecule has 0 saturated carbocycles. The van der Waals surface area contributed by atoms with Gasteiger partial charge in [0.25, 0.3) is 0 Å². The second-order valence-electron chi connectivity index (χ2n) is 6.96. The van der Waals surface area contributed by atoms with Gasteiger partial charge in [-0.1, -0.05) is 24.3 Å². The minimum Gasteiger partial charge on any atom is -0.492 e. The van der Waals surface area contributed by atoms with Crippen molar-refractivity contribution in [3.05, 3.63) is 35.9 Å². The SMILES string of the molecule is CC(C)(C)OC(=O)N1CC2COc3c2c1cc1ccccc31. The summed E-state index contributed by atoms with van der Waals surface area (Å²) in [6, 6.07) is 10.2. The molecule has 22 heavy (non-hydrogen) atoms. The lowest BCUT2D eigenvalue weighted by Gasteiger charge is -2.25. The molecule has 114 valence electrons. The number of amides is 1. The monoisotopic (exact) mass is 297 g/mol. The molecule has 0 N–H and O–H groups in total. The zero-order chi connectivity index (χ0) is 15.5. The Morgan fingerprint density at radius 1 is 1.32 bits per heavy atom.